The Kier molecular flexibility index (Phi) is 7.63. The quantitative estimate of drug-likeness (QED) is 0.449. The third-order valence-electron chi connectivity index (χ3n) is 8.01. The van der Waals surface area contributed by atoms with Crippen LogP contribution in [0.4, 0.5) is 0 Å². The van der Waals surface area contributed by atoms with Crippen molar-refractivity contribution in [3.05, 3.63) is 85.2 Å². The number of rotatable bonds is 6. The van der Waals surface area contributed by atoms with Crippen LogP contribution in [0.5, 0.6) is 23.0 Å². The molecule has 0 aliphatic carbocycles. The second kappa shape index (κ2) is 11.2. The average Bonchev–Trinajstić information content (AvgIpc) is 3.44. The maximum Gasteiger partial charge on any atom is 0.200 e. The van der Waals surface area contributed by atoms with Gasteiger partial charge in [-0.2, -0.15) is 0 Å². The molecule has 7 nitrogen and oxygen atoms in total. The molecule has 0 fully saturated rings. The highest BCUT2D eigenvalue weighted by Gasteiger charge is 2.25. The Morgan fingerprint density at radius 3 is 1.78 bits per heavy atom. The standard InChI is InChI=1S/C34H36N2O5/c1-9-22-18(3)26-13-20-11-24(32(40-7)16-30(20)38-5)34(37)25-12-21(31(39-6)17-33(25)41-8)14-27-19(4)23(10-2)29(36-27)15-28(22)35-26/h11-17,35H,9-10H2,1-8H3. The minimum atomic E-state index is -0.242. The molecule has 41 heavy (non-hydrogen) atoms. The molecule has 8 bridgehead atoms. The molecule has 0 amide bonds. The first-order valence-corrected chi connectivity index (χ1v) is 13.8. The largest absolute Gasteiger partial charge is 0.496 e. The van der Waals surface area contributed by atoms with Crippen LogP contribution >= 0.6 is 0 Å². The Hall–Kier alpha value is -4.52. The van der Waals surface area contributed by atoms with Crippen molar-refractivity contribution in [3.8, 4) is 23.0 Å². The number of ketones is 1. The molecule has 0 saturated heterocycles. The van der Waals surface area contributed by atoms with E-state index in [-0.39, 0.29) is 5.78 Å². The first-order chi connectivity index (χ1) is 19.8. The van der Waals surface area contributed by atoms with Crippen molar-refractivity contribution < 1.29 is 23.7 Å². The van der Waals surface area contributed by atoms with Gasteiger partial charge in [-0.1, -0.05) is 13.8 Å². The van der Waals surface area contributed by atoms with Crippen molar-refractivity contribution in [2.75, 3.05) is 28.4 Å². The molecule has 212 valence electrons. The molecule has 0 radical (unpaired) electrons. The molecule has 0 unspecified atom stereocenters. The predicted molar refractivity (Wildman–Crippen MR) is 163 cm³/mol. The summed E-state index contributed by atoms with van der Waals surface area (Å²) in [6, 6.07) is 7.12. The minimum absolute atomic E-state index is 0.242. The van der Waals surface area contributed by atoms with Crippen molar-refractivity contribution in [2.45, 2.75) is 40.5 Å². The molecular formula is C34H36N2O5. The number of ether oxygens (including phenoxy) is 4. The van der Waals surface area contributed by atoms with Gasteiger partial charge in [-0.05, 0) is 79.3 Å². The number of nitrogens with zero attached hydrogens (tertiary/aromatic N) is 1. The number of carbonyl (C=O) groups is 1. The topological polar surface area (TPSA) is 82.1 Å². The molecule has 0 saturated carbocycles. The average molecular weight is 553 g/mol. The molecule has 2 aliphatic rings. The minimum Gasteiger partial charge on any atom is -0.496 e. The normalized spacial score (nSPS) is 14.2. The second-order valence-corrected chi connectivity index (χ2v) is 10.1. The number of benzene rings is 2. The van der Waals surface area contributed by atoms with Crippen LogP contribution in [0.15, 0.2) is 46.1 Å². The fraction of sp³-hybridized carbons (Fsp3) is 0.294. The van der Waals surface area contributed by atoms with Gasteiger partial charge in [0, 0.05) is 34.0 Å². The van der Waals surface area contributed by atoms with E-state index in [4.69, 9.17) is 23.9 Å². The first-order valence-electron chi connectivity index (χ1n) is 13.8. The Bertz CT molecular complexity index is 1790. The highest BCUT2D eigenvalue weighted by molar-refractivity contribution is 6.23. The number of fused-ring (bicyclic) bond motifs is 7. The third-order valence-corrected chi connectivity index (χ3v) is 8.01. The van der Waals surface area contributed by atoms with Gasteiger partial charge in [0.25, 0.3) is 0 Å². The van der Waals surface area contributed by atoms with Gasteiger partial charge in [0.05, 0.1) is 51.0 Å². The molecule has 0 spiro atoms. The summed E-state index contributed by atoms with van der Waals surface area (Å²) >= 11 is 0. The van der Waals surface area contributed by atoms with E-state index in [1.807, 2.05) is 18.2 Å². The fourth-order valence-corrected chi connectivity index (χ4v) is 5.75. The van der Waals surface area contributed by atoms with Crippen LogP contribution < -0.4 is 29.6 Å². The van der Waals surface area contributed by atoms with Gasteiger partial charge in [0.15, 0.2) is 0 Å². The number of H-pyrrole nitrogens is 1. The summed E-state index contributed by atoms with van der Waals surface area (Å²) in [7, 11) is 6.30. The monoisotopic (exact) mass is 552 g/mol. The second-order valence-electron chi connectivity index (χ2n) is 10.1. The van der Waals surface area contributed by atoms with Crippen LogP contribution in [0, 0.1) is 6.92 Å². The van der Waals surface area contributed by atoms with Crippen molar-refractivity contribution in [1.29, 1.82) is 0 Å². The zero-order valence-electron chi connectivity index (χ0n) is 24.9. The van der Waals surface area contributed by atoms with E-state index < -0.39 is 0 Å². The van der Waals surface area contributed by atoms with Crippen LogP contribution in [-0.4, -0.2) is 44.9 Å². The van der Waals surface area contributed by atoms with Gasteiger partial charge in [0.1, 0.15) is 23.0 Å². The number of nitrogens with one attached hydrogen (secondary N) is 1. The summed E-state index contributed by atoms with van der Waals surface area (Å²) < 4.78 is 22.8. The molecule has 1 N–H and O–H groups in total. The predicted octanol–water partition coefficient (Wildman–Crippen LogP) is 5.30. The molecule has 0 atom stereocenters. The van der Waals surface area contributed by atoms with Gasteiger partial charge in [-0.3, -0.25) is 4.79 Å². The molecule has 2 aliphatic heterocycles. The summed E-state index contributed by atoms with van der Waals surface area (Å²) in [5.41, 5.74) is 8.66. The van der Waals surface area contributed by atoms with Crippen LogP contribution in [0.3, 0.4) is 0 Å². The number of allylic oxidation sites excluding steroid dienone is 2. The number of hydrogen-bond acceptors (Lipinski definition) is 6. The van der Waals surface area contributed by atoms with Crippen LogP contribution in [0.2, 0.25) is 0 Å². The van der Waals surface area contributed by atoms with Gasteiger partial charge in [-0.15, -0.1) is 0 Å². The SMILES string of the molecule is CCC1=C(C)C2=Cc3cc(c(OC)cc3OC)C(=O)c3cc(c(OC)cc3OC)C=c3[nH]c(c(CC)c3C)=CC1=N2. The summed E-state index contributed by atoms with van der Waals surface area (Å²) in [4.78, 5) is 22.9. The first kappa shape index (κ1) is 28.0. The van der Waals surface area contributed by atoms with Crippen LogP contribution in [0.1, 0.15) is 65.4 Å². The Balaban J connectivity index is 1.95. The number of hydrogen-bond donors (Lipinski definition) is 1. The van der Waals surface area contributed by atoms with Crippen LogP contribution in [0.25, 0.3) is 18.2 Å². The Morgan fingerprint density at radius 1 is 0.707 bits per heavy atom. The zero-order valence-corrected chi connectivity index (χ0v) is 24.9. The number of aromatic nitrogens is 1. The van der Waals surface area contributed by atoms with E-state index in [0.717, 1.165) is 57.2 Å². The Labute approximate surface area is 240 Å². The van der Waals surface area contributed by atoms with Crippen molar-refractivity contribution >= 4 is 29.7 Å². The third kappa shape index (κ3) is 4.75. The summed E-state index contributed by atoms with van der Waals surface area (Å²) in [5.74, 6) is 1.75. The van der Waals surface area contributed by atoms with Crippen molar-refractivity contribution in [1.82, 2.24) is 4.98 Å². The Morgan fingerprint density at radius 2 is 1.27 bits per heavy atom. The summed E-state index contributed by atoms with van der Waals surface area (Å²) in [6.45, 7) is 8.50. The van der Waals surface area contributed by atoms with E-state index in [1.165, 1.54) is 11.1 Å². The zero-order chi connectivity index (χ0) is 29.4. The lowest BCUT2D eigenvalue weighted by Crippen LogP contribution is -2.15. The van der Waals surface area contributed by atoms with E-state index in [1.54, 1.807) is 46.6 Å². The molecule has 2 aromatic carbocycles. The van der Waals surface area contributed by atoms with Gasteiger partial charge >= 0.3 is 0 Å². The molecule has 5 rings (SSSR count). The van der Waals surface area contributed by atoms with E-state index in [0.29, 0.717) is 34.1 Å². The lowest BCUT2D eigenvalue weighted by Gasteiger charge is -2.16. The van der Waals surface area contributed by atoms with E-state index in [2.05, 4.69) is 38.8 Å². The lowest BCUT2D eigenvalue weighted by atomic mass is 9.95. The van der Waals surface area contributed by atoms with Gasteiger partial charge in [-0.25, -0.2) is 4.99 Å². The van der Waals surface area contributed by atoms with E-state index in [9.17, 15) is 4.79 Å². The fourth-order valence-electron chi connectivity index (χ4n) is 5.75. The number of aliphatic imine (C=N–C) groups is 1. The van der Waals surface area contributed by atoms with Gasteiger partial charge in [0.2, 0.25) is 5.78 Å². The number of carbonyl (C=O) groups excluding carboxylic acids is 1. The summed E-state index contributed by atoms with van der Waals surface area (Å²) in [5, 5.41) is 1.97. The highest BCUT2D eigenvalue weighted by atomic mass is 16.5. The lowest BCUT2D eigenvalue weighted by molar-refractivity contribution is 0.103. The molecule has 3 aromatic rings. The van der Waals surface area contributed by atoms with Gasteiger partial charge < -0.3 is 23.9 Å². The molecule has 3 heterocycles. The van der Waals surface area contributed by atoms with Crippen molar-refractivity contribution in [2.24, 2.45) is 4.99 Å². The summed E-state index contributed by atoms with van der Waals surface area (Å²) in [6.07, 6.45) is 7.84. The van der Waals surface area contributed by atoms with E-state index >= 15 is 0 Å². The molecular weight excluding hydrogens is 516 g/mol. The van der Waals surface area contributed by atoms with Crippen LogP contribution in [-0.2, 0) is 6.42 Å². The number of aromatic amines is 1. The maximum atomic E-state index is 14.2. The number of methoxy groups -OCH3 is 4. The molecule has 7 heteroatoms. The smallest absolute Gasteiger partial charge is 0.200 e. The maximum absolute atomic E-state index is 14.2. The highest BCUT2D eigenvalue weighted by Crippen LogP contribution is 2.38. The molecule has 1 aromatic heterocycles. The van der Waals surface area contributed by atoms with Crippen molar-refractivity contribution in [3.63, 3.8) is 0 Å².